The number of nitrogens with one attached hydrogen (secondary N) is 1. The number of halogens is 1. The minimum atomic E-state index is -0.481. The highest BCUT2D eigenvalue weighted by Gasteiger charge is 2.23. The molecule has 2 heterocycles. The molecule has 2 aromatic carbocycles. The Kier molecular flexibility index (Phi) is 6.61. The molecule has 164 valence electrons. The van der Waals surface area contributed by atoms with Gasteiger partial charge in [0, 0.05) is 23.9 Å². The third-order valence-corrected chi connectivity index (χ3v) is 5.43. The van der Waals surface area contributed by atoms with Gasteiger partial charge in [-0.05, 0) is 54.1 Å². The van der Waals surface area contributed by atoms with Gasteiger partial charge in [-0.3, -0.25) is 4.79 Å². The topological polar surface area (TPSA) is 78.5 Å². The first-order chi connectivity index (χ1) is 15.5. The number of furan rings is 1. The molecule has 1 atom stereocenters. The molecule has 1 N–H and O–H groups in total. The quantitative estimate of drug-likeness (QED) is 0.376. The Morgan fingerprint density at radius 1 is 1.16 bits per heavy atom. The number of carbonyl (C=O) groups excluding carboxylic acids is 1. The van der Waals surface area contributed by atoms with Crippen LogP contribution in [0.2, 0.25) is 0 Å². The van der Waals surface area contributed by atoms with Crippen LogP contribution in [0.15, 0.2) is 81.9 Å². The SMILES string of the molecule is COc1cccc(C(NC(=O)c2ccc(COc3ccc(Br)cc3)o2)c2nccn2C)c1. The van der Waals surface area contributed by atoms with Crippen molar-refractivity contribution in [2.24, 2.45) is 7.05 Å². The number of ether oxygens (including phenoxy) is 2. The van der Waals surface area contributed by atoms with E-state index in [0.29, 0.717) is 23.1 Å². The predicted octanol–water partition coefficient (Wildman–Crippen LogP) is 4.88. The van der Waals surface area contributed by atoms with Crippen LogP contribution < -0.4 is 14.8 Å². The van der Waals surface area contributed by atoms with E-state index in [0.717, 1.165) is 10.0 Å². The fourth-order valence-corrected chi connectivity index (χ4v) is 3.50. The van der Waals surface area contributed by atoms with Crippen LogP contribution in [-0.4, -0.2) is 22.6 Å². The first kappa shape index (κ1) is 21.7. The molecular weight excluding hydrogens is 474 g/mol. The lowest BCUT2D eigenvalue weighted by atomic mass is 10.1. The van der Waals surface area contributed by atoms with Crippen molar-refractivity contribution in [2.45, 2.75) is 12.6 Å². The summed E-state index contributed by atoms with van der Waals surface area (Å²) >= 11 is 3.39. The lowest BCUT2D eigenvalue weighted by Gasteiger charge is -2.19. The Hall–Kier alpha value is -3.52. The van der Waals surface area contributed by atoms with Crippen LogP contribution in [0.1, 0.15) is 33.7 Å². The van der Waals surface area contributed by atoms with E-state index in [9.17, 15) is 4.79 Å². The molecule has 0 saturated carbocycles. The second-order valence-corrected chi connectivity index (χ2v) is 8.00. The monoisotopic (exact) mass is 495 g/mol. The molecule has 0 saturated heterocycles. The maximum absolute atomic E-state index is 13.0. The summed E-state index contributed by atoms with van der Waals surface area (Å²) in [6, 6.07) is 17.9. The number of methoxy groups -OCH3 is 1. The zero-order valence-electron chi connectivity index (χ0n) is 17.6. The number of hydrogen-bond donors (Lipinski definition) is 1. The molecule has 1 unspecified atom stereocenters. The molecule has 4 rings (SSSR count). The number of rotatable bonds is 8. The summed E-state index contributed by atoms with van der Waals surface area (Å²) in [6.45, 7) is 0.216. The predicted molar refractivity (Wildman–Crippen MR) is 123 cm³/mol. The van der Waals surface area contributed by atoms with Gasteiger partial charge in [-0.15, -0.1) is 0 Å². The van der Waals surface area contributed by atoms with E-state index in [1.54, 1.807) is 25.4 Å². The zero-order chi connectivity index (χ0) is 22.5. The summed E-state index contributed by atoms with van der Waals surface area (Å²) in [5.41, 5.74) is 0.845. The molecule has 1 amide bonds. The number of carbonyl (C=O) groups is 1. The van der Waals surface area contributed by atoms with Gasteiger partial charge in [-0.1, -0.05) is 28.1 Å². The maximum Gasteiger partial charge on any atom is 0.287 e. The van der Waals surface area contributed by atoms with E-state index in [1.165, 1.54) is 0 Å². The Bertz CT molecular complexity index is 1200. The smallest absolute Gasteiger partial charge is 0.287 e. The van der Waals surface area contributed by atoms with Crippen LogP contribution in [-0.2, 0) is 13.7 Å². The van der Waals surface area contributed by atoms with Crippen molar-refractivity contribution in [3.05, 3.63) is 100 Å². The third kappa shape index (κ3) is 5.03. The number of nitrogens with zero attached hydrogens (tertiary/aromatic N) is 2. The molecule has 7 nitrogen and oxygen atoms in total. The van der Waals surface area contributed by atoms with Crippen molar-refractivity contribution in [2.75, 3.05) is 7.11 Å². The van der Waals surface area contributed by atoms with Gasteiger partial charge in [0.1, 0.15) is 35.7 Å². The molecular formula is C24H22BrN3O4. The van der Waals surface area contributed by atoms with Crippen molar-refractivity contribution in [1.82, 2.24) is 14.9 Å². The second-order valence-electron chi connectivity index (χ2n) is 7.09. The average Bonchev–Trinajstić information content (AvgIpc) is 3.46. The number of aryl methyl sites for hydroxylation is 1. The number of amides is 1. The van der Waals surface area contributed by atoms with E-state index in [2.05, 4.69) is 26.2 Å². The summed E-state index contributed by atoms with van der Waals surface area (Å²) in [7, 11) is 3.49. The van der Waals surface area contributed by atoms with Crippen LogP contribution in [0.25, 0.3) is 0 Å². The minimum Gasteiger partial charge on any atom is -0.497 e. The highest BCUT2D eigenvalue weighted by Crippen LogP contribution is 2.25. The molecule has 0 aliphatic heterocycles. The number of benzene rings is 2. The summed E-state index contributed by atoms with van der Waals surface area (Å²) in [6.07, 6.45) is 3.53. The van der Waals surface area contributed by atoms with Gasteiger partial charge >= 0.3 is 0 Å². The maximum atomic E-state index is 13.0. The van der Waals surface area contributed by atoms with Crippen LogP contribution in [0.5, 0.6) is 11.5 Å². The molecule has 0 aliphatic carbocycles. The highest BCUT2D eigenvalue weighted by atomic mass is 79.9. The largest absolute Gasteiger partial charge is 0.497 e. The van der Waals surface area contributed by atoms with Gasteiger partial charge in [-0.2, -0.15) is 0 Å². The summed E-state index contributed by atoms with van der Waals surface area (Å²) < 4.78 is 19.6. The third-order valence-electron chi connectivity index (χ3n) is 4.90. The Balaban J connectivity index is 1.50. The van der Waals surface area contributed by atoms with E-state index < -0.39 is 6.04 Å². The van der Waals surface area contributed by atoms with Crippen molar-refractivity contribution < 1.29 is 18.7 Å². The summed E-state index contributed by atoms with van der Waals surface area (Å²) in [4.78, 5) is 17.4. The highest BCUT2D eigenvalue weighted by molar-refractivity contribution is 9.10. The van der Waals surface area contributed by atoms with Gasteiger partial charge in [0.2, 0.25) is 0 Å². The summed E-state index contributed by atoms with van der Waals surface area (Å²) in [5, 5.41) is 3.02. The number of hydrogen-bond acceptors (Lipinski definition) is 5. The average molecular weight is 496 g/mol. The molecule has 2 aromatic heterocycles. The molecule has 0 radical (unpaired) electrons. The molecule has 0 bridgehead atoms. The van der Waals surface area contributed by atoms with Crippen LogP contribution in [0, 0.1) is 0 Å². The van der Waals surface area contributed by atoms with Gasteiger partial charge < -0.3 is 23.8 Å². The van der Waals surface area contributed by atoms with Gasteiger partial charge in [0.25, 0.3) is 5.91 Å². The molecule has 32 heavy (non-hydrogen) atoms. The first-order valence-electron chi connectivity index (χ1n) is 9.92. The fraction of sp³-hybridized carbons (Fsp3) is 0.167. The second kappa shape index (κ2) is 9.74. The minimum absolute atomic E-state index is 0.196. The van der Waals surface area contributed by atoms with Crippen LogP contribution in [0.3, 0.4) is 0 Å². The first-order valence-corrected chi connectivity index (χ1v) is 10.7. The fourth-order valence-electron chi connectivity index (χ4n) is 3.24. The van der Waals surface area contributed by atoms with E-state index in [1.807, 2.05) is 66.3 Å². The lowest BCUT2D eigenvalue weighted by molar-refractivity contribution is 0.0909. The molecule has 4 aromatic rings. The van der Waals surface area contributed by atoms with Crippen molar-refractivity contribution in [3.8, 4) is 11.5 Å². The molecule has 8 heteroatoms. The van der Waals surface area contributed by atoms with E-state index >= 15 is 0 Å². The Morgan fingerprint density at radius 2 is 1.97 bits per heavy atom. The summed E-state index contributed by atoms with van der Waals surface area (Å²) in [5.74, 6) is 2.49. The normalized spacial score (nSPS) is 11.7. The van der Waals surface area contributed by atoms with Crippen LogP contribution >= 0.6 is 15.9 Å². The molecule has 0 spiro atoms. The Labute approximate surface area is 194 Å². The van der Waals surface area contributed by atoms with Crippen LogP contribution in [0.4, 0.5) is 0 Å². The van der Waals surface area contributed by atoms with Gasteiger partial charge in [-0.25, -0.2) is 4.98 Å². The number of imidazole rings is 1. The van der Waals surface area contributed by atoms with Crippen molar-refractivity contribution in [1.29, 1.82) is 0 Å². The van der Waals surface area contributed by atoms with Crippen molar-refractivity contribution >= 4 is 21.8 Å². The van der Waals surface area contributed by atoms with E-state index in [4.69, 9.17) is 13.9 Å². The van der Waals surface area contributed by atoms with E-state index in [-0.39, 0.29) is 18.3 Å². The Morgan fingerprint density at radius 3 is 2.69 bits per heavy atom. The lowest BCUT2D eigenvalue weighted by Crippen LogP contribution is -2.30. The van der Waals surface area contributed by atoms with Crippen molar-refractivity contribution in [3.63, 3.8) is 0 Å². The molecule has 0 aliphatic rings. The zero-order valence-corrected chi connectivity index (χ0v) is 19.2. The molecule has 0 fully saturated rings. The standard InChI is InChI=1S/C24H22BrN3O4/c1-28-13-12-26-23(28)22(16-4-3-5-19(14-16)30-2)27-24(29)21-11-10-20(32-21)15-31-18-8-6-17(25)7-9-18/h3-14,22H,15H2,1-2H3,(H,27,29). The number of aromatic nitrogens is 2. The van der Waals surface area contributed by atoms with Gasteiger partial charge in [0.15, 0.2) is 5.76 Å². The van der Waals surface area contributed by atoms with Gasteiger partial charge in [0.05, 0.1) is 7.11 Å².